The van der Waals surface area contributed by atoms with Gasteiger partial charge in [-0.3, -0.25) is 4.79 Å². The molecule has 1 aliphatic carbocycles. The van der Waals surface area contributed by atoms with Crippen molar-refractivity contribution in [3.05, 3.63) is 0 Å². The van der Waals surface area contributed by atoms with Crippen LogP contribution in [0.25, 0.3) is 0 Å². The van der Waals surface area contributed by atoms with Gasteiger partial charge in [0.15, 0.2) is 0 Å². The van der Waals surface area contributed by atoms with E-state index in [1.165, 1.54) is 0 Å². The Balaban J connectivity index is 1.88. The molecule has 4 nitrogen and oxygen atoms in total. The molecule has 4 heteroatoms. The zero-order chi connectivity index (χ0) is 14.6. The summed E-state index contributed by atoms with van der Waals surface area (Å²) in [5.41, 5.74) is -0.135. The van der Waals surface area contributed by atoms with Gasteiger partial charge >= 0.3 is 0 Å². The van der Waals surface area contributed by atoms with Crippen LogP contribution in [-0.4, -0.2) is 36.4 Å². The summed E-state index contributed by atoms with van der Waals surface area (Å²) in [5, 5.41) is 12.8. The van der Waals surface area contributed by atoms with Crippen LogP contribution >= 0.6 is 0 Å². The van der Waals surface area contributed by atoms with Gasteiger partial charge in [0.1, 0.15) is 0 Å². The van der Waals surface area contributed by atoms with Crippen molar-refractivity contribution in [1.82, 2.24) is 5.32 Å². The van der Waals surface area contributed by atoms with E-state index in [0.29, 0.717) is 6.61 Å². The molecule has 4 atom stereocenters. The number of aliphatic hydroxyl groups is 1. The lowest BCUT2D eigenvalue weighted by molar-refractivity contribution is -0.131. The normalized spacial score (nSPS) is 37.9. The maximum Gasteiger partial charge on any atom is 0.223 e. The van der Waals surface area contributed by atoms with E-state index in [-0.39, 0.29) is 36.0 Å². The molecule has 2 fully saturated rings. The first-order chi connectivity index (χ1) is 9.59. The number of ether oxygens (including phenoxy) is 1. The fourth-order valence-corrected chi connectivity index (χ4v) is 3.60. The van der Waals surface area contributed by atoms with E-state index in [1.807, 2.05) is 0 Å². The first kappa shape index (κ1) is 15.8. The van der Waals surface area contributed by atoms with Crippen molar-refractivity contribution in [3.8, 4) is 0 Å². The molecule has 0 aromatic rings. The third-order valence-electron chi connectivity index (χ3n) is 5.11. The lowest BCUT2D eigenvalue weighted by Gasteiger charge is -2.33. The van der Waals surface area contributed by atoms with Gasteiger partial charge in [-0.1, -0.05) is 26.7 Å². The summed E-state index contributed by atoms with van der Waals surface area (Å²) in [7, 11) is 0. The maximum atomic E-state index is 12.5. The minimum absolute atomic E-state index is 0.0869. The van der Waals surface area contributed by atoms with E-state index in [9.17, 15) is 9.90 Å². The Morgan fingerprint density at radius 2 is 2.25 bits per heavy atom. The lowest BCUT2D eigenvalue weighted by atomic mass is 9.85. The van der Waals surface area contributed by atoms with E-state index in [0.717, 1.165) is 44.9 Å². The van der Waals surface area contributed by atoms with Gasteiger partial charge in [0.2, 0.25) is 5.91 Å². The van der Waals surface area contributed by atoms with Gasteiger partial charge in [0.05, 0.1) is 12.7 Å². The van der Waals surface area contributed by atoms with Crippen LogP contribution in [0.3, 0.4) is 0 Å². The quantitative estimate of drug-likeness (QED) is 0.813. The summed E-state index contributed by atoms with van der Waals surface area (Å²) in [5.74, 6) is 0.254. The van der Waals surface area contributed by atoms with E-state index in [1.54, 1.807) is 0 Å². The van der Waals surface area contributed by atoms with Gasteiger partial charge in [-0.15, -0.1) is 0 Å². The number of hydrogen-bond acceptors (Lipinski definition) is 3. The molecule has 0 aromatic carbocycles. The fourth-order valence-electron chi connectivity index (χ4n) is 3.60. The lowest BCUT2D eigenvalue weighted by Crippen LogP contribution is -2.48. The highest BCUT2D eigenvalue weighted by Crippen LogP contribution is 2.37. The molecule has 1 saturated heterocycles. The first-order valence-corrected chi connectivity index (χ1v) is 8.12. The largest absolute Gasteiger partial charge is 0.396 e. The molecular formula is C16H29NO3. The highest BCUT2D eigenvalue weighted by molar-refractivity contribution is 5.79. The number of amides is 1. The summed E-state index contributed by atoms with van der Waals surface area (Å²) < 4.78 is 5.71. The molecule has 0 bridgehead atoms. The maximum absolute atomic E-state index is 12.5. The van der Waals surface area contributed by atoms with Crippen LogP contribution in [-0.2, 0) is 9.53 Å². The predicted molar refractivity (Wildman–Crippen MR) is 78.3 cm³/mol. The predicted octanol–water partition coefficient (Wildman–Crippen LogP) is 2.25. The van der Waals surface area contributed by atoms with Crippen molar-refractivity contribution >= 4 is 5.91 Å². The molecule has 2 rings (SSSR count). The van der Waals surface area contributed by atoms with E-state index in [4.69, 9.17) is 4.74 Å². The third-order valence-corrected chi connectivity index (χ3v) is 5.11. The molecule has 1 aliphatic heterocycles. The Labute approximate surface area is 122 Å². The number of carbonyl (C=O) groups is 1. The molecule has 2 aliphatic rings. The second-order valence-corrected chi connectivity index (χ2v) is 6.77. The van der Waals surface area contributed by atoms with Crippen molar-refractivity contribution in [2.75, 3.05) is 13.2 Å². The van der Waals surface area contributed by atoms with Crippen molar-refractivity contribution < 1.29 is 14.6 Å². The van der Waals surface area contributed by atoms with E-state index < -0.39 is 0 Å². The number of nitrogens with one attached hydrogen (secondary N) is 1. The summed E-state index contributed by atoms with van der Waals surface area (Å²) in [6, 6.07) is 0.132. The van der Waals surface area contributed by atoms with E-state index >= 15 is 0 Å². The number of aliphatic hydroxyl groups excluding tert-OH is 1. The van der Waals surface area contributed by atoms with Gasteiger partial charge < -0.3 is 15.2 Å². The van der Waals surface area contributed by atoms with Gasteiger partial charge in [0, 0.05) is 24.0 Å². The van der Waals surface area contributed by atoms with Crippen molar-refractivity contribution in [3.63, 3.8) is 0 Å². The summed E-state index contributed by atoms with van der Waals surface area (Å²) in [6.45, 7) is 5.09. The van der Waals surface area contributed by atoms with Crippen molar-refractivity contribution in [2.24, 2.45) is 11.3 Å². The van der Waals surface area contributed by atoms with Gasteiger partial charge in [-0.25, -0.2) is 0 Å². The first-order valence-electron chi connectivity index (χ1n) is 8.12. The number of carbonyl (C=O) groups excluding carboxylic acids is 1. The fraction of sp³-hybridized carbons (Fsp3) is 0.938. The van der Waals surface area contributed by atoms with Crippen LogP contribution in [0.4, 0.5) is 0 Å². The number of rotatable bonds is 5. The Hall–Kier alpha value is -0.610. The smallest absolute Gasteiger partial charge is 0.223 e. The van der Waals surface area contributed by atoms with Crippen molar-refractivity contribution in [2.45, 2.75) is 70.9 Å². The van der Waals surface area contributed by atoms with Gasteiger partial charge in [-0.2, -0.15) is 0 Å². The molecule has 0 radical (unpaired) electrons. The molecule has 0 aromatic heterocycles. The van der Waals surface area contributed by atoms with Crippen molar-refractivity contribution in [1.29, 1.82) is 0 Å². The summed E-state index contributed by atoms with van der Waals surface area (Å²) in [6.07, 6.45) is 7.15. The highest BCUT2D eigenvalue weighted by Gasteiger charge is 2.40. The molecule has 1 heterocycles. The zero-order valence-electron chi connectivity index (χ0n) is 12.9. The Morgan fingerprint density at radius 3 is 2.95 bits per heavy atom. The molecule has 2 N–H and O–H groups in total. The van der Waals surface area contributed by atoms with Crippen LogP contribution in [0, 0.1) is 11.3 Å². The summed E-state index contributed by atoms with van der Waals surface area (Å²) in [4.78, 5) is 12.5. The number of hydrogen-bond donors (Lipinski definition) is 2. The second kappa shape index (κ2) is 6.90. The van der Waals surface area contributed by atoms with Gasteiger partial charge in [-0.05, 0) is 32.1 Å². The third kappa shape index (κ3) is 3.53. The highest BCUT2D eigenvalue weighted by atomic mass is 16.5. The second-order valence-electron chi connectivity index (χ2n) is 6.77. The van der Waals surface area contributed by atoms with E-state index in [2.05, 4.69) is 19.2 Å². The molecule has 0 spiro atoms. The Kier molecular flexibility index (Phi) is 5.44. The van der Waals surface area contributed by atoms with Crippen LogP contribution in [0.5, 0.6) is 0 Å². The zero-order valence-corrected chi connectivity index (χ0v) is 12.9. The molecule has 1 saturated carbocycles. The average molecular weight is 283 g/mol. The molecule has 116 valence electrons. The molecular weight excluding hydrogens is 254 g/mol. The van der Waals surface area contributed by atoms with Crippen LogP contribution < -0.4 is 5.32 Å². The van der Waals surface area contributed by atoms with Gasteiger partial charge in [0.25, 0.3) is 0 Å². The molecule has 20 heavy (non-hydrogen) atoms. The minimum atomic E-state index is -0.135. The van der Waals surface area contributed by atoms with Crippen LogP contribution in [0.15, 0.2) is 0 Å². The summed E-state index contributed by atoms with van der Waals surface area (Å²) >= 11 is 0. The van der Waals surface area contributed by atoms with Crippen LogP contribution in [0.1, 0.15) is 58.8 Å². The Bertz CT molecular complexity index is 332. The van der Waals surface area contributed by atoms with Crippen LogP contribution in [0.2, 0.25) is 0 Å². The standard InChI is InChI=1S/C16H29NO3/c1-3-5-13-10-12(7-9-20-13)15(19)17-14-6-4-8-16(14,2)11-18/h12-14,18H,3-11H2,1-2H3,(H,17,19). The molecule has 1 amide bonds. The minimum Gasteiger partial charge on any atom is -0.396 e. The topological polar surface area (TPSA) is 58.6 Å². The SMILES string of the molecule is CCCC1CC(C(=O)NC2CCCC2(C)CO)CCO1. The average Bonchev–Trinajstić information content (AvgIpc) is 2.81. The Morgan fingerprint density at radius 1 is 1.45 bits per heavy atom. The molecule has 4 unspecified atom stereocenters. The monoisotopic (exact) mass is 283 g/mol.